The molecule has 4 N–H and O–H groups in total. The van der Waals surface area contributed by atoms with Gasteiger partial charge in [0.25, 0.3) is 5.91 Å². The molecule has 7 heteroatoms. The molecular formula is C13H24N4OS2. The standard InChI is InChI=1S/C13H24N4OS2/c1-9(2)16-13-17-11(14)10(20-13)12(18)15-7-5-4-6-8-19-3/h9H,4-8,14H2,1-3H3,(H,15,18)(H,16,17). The van der Waals surface area contributed by atoms with Crippen molar-refractivity contribution in [2.75, 3.05) is 29.6 Å². The number of nitrogens with zero attached hydrogens (tertiary/aromatic N) is 1. The Morgan fingerprint density at radius 1 is 1.40 bits per heavy atom. The van der Waals surface area contributed by atoms with Gasteiger partial charge in [0, 0.05) is 12.6 Å². The lowest BCUT2D eigenvalue weighted by molar-refractivity contribution is 0.0957. The number of thiazole rings is 1. The van der Waals surface area contributed by atoms with Gasteiger partial charge in [-0.05, 0) is 38.7 Å². The van der Waals surface area contributed by atoms with E-state index in [0.29, 0.717) is 22.4 Å². The van der Waals surface area contributed by atoms with Crippen molar-refractivity contribution < 1.29 is 4.79 Å². The van der Waals surface area contributed by atoms with Crippen molar-refractivity contribution in [1.29, 1.82) is 0 Å². The summed E-state index contributed by atoms with van der Waals surface area (Å²) in [6.45, 7) is 4.73. The van der Waals surface area contributed by atoms with Gasteiger partial charge in [-0.25, -0.2) is 4.98 Å². The molecule has 0 atom stereocenters. The second-order valence-corrected chi connectivity index (χ2v) is 6.83. The molecule has 1 heterocycles. The molecule has 0 aromatic carbocycles. The average Bonchev–Trinajstić information content (AvgIpc) is 2.73. The number of rotatable bonds is 9. The van der Waals surface area contributed by atoms with Crippen LogP contribution in [-0.2, 0) is 0 Å². The van der Waals surface area contributed by atoms with Crippen LogP contribution in [0.3, 0.4) is 0 Å². The average molecular weight is 316 g/mol. The number of thioether (sulfide) groups is 1. The molecule has 0 unspecified atom stereocenters. The van der Waals surface area contributed by atoms with Crippen LogP contribution in [-0.4, -0.2) is 35.5 Å². The van der Waals surface area contributed by atoms with Gasteiger partial charge in [0.05, 0.1) is 0 Å². The number of carbonyl (C=O) groups excluding carboxylic acids is 1. The first-order valence-corrected chi connectivity index (χ1v) is 9.05. The van der Waals surface area contributed by atoms with Crippen LogP contribution in [0.1, 0.15) is 42.8 Å². The Kier molecular flexibility index (Phi) is 7.76. The molecule has 20 heavy (non-hydrogen) atoms. The number of nitrogen functional groups attached to an aromatic ring is 1. The van der Waals surface area contributed by atoms with E-state index in [1.807, 2.05) is 25.6 Å². The molecule has 0 aliphatic heterocycles. The summed E-state index contributed by atoms with van der Waals surface area (Å²) in [4.78, 5) is 16.7. The third kappa shape index (κ3) is 6.00. The minimum atomic E-state index is -0.123. The molecule has 0 fully saturated rings. The van der Waals surface area contributed by atoms with Crippen LogP contribution in [0, 0.1) is 0 Å². The molecule has 1 aromatic heterocycles. The van der Waals surface area contributed by atoms with Crippen LogP contribution in [0.15, 0.2) is 0 Å². The van der Waals surface area contributed by atoms with E-state index in [1.165, 1.54) is 23.5 Å². The van der Waals surface area contributed by atoms with E-state index in [0.717, 1.165) is 12.8 Å². The molecule has 1 aromatic rings. The summed E-state index contributed by atoms with van der Waals surface area (Å²) >= 11 is 3.16. The van der Waals surface area contributed by atoms with Gasteiger partial charge in [-0.15, -0.1) is 0 Å². The van der Waals surface area contributed by atoms with E-state index in [9.17, 15) is 4.79 Å². The van der Waals surface area contributed by atoms with Crippen LogP contribution in [0.25, 0.3) is 0 Å². The molecule has 114 valence electrons. The summed E-state index contributed by atoms with van der Waals surface area (Å²) in [6.07, 6.45) is 5.45. The SMILES string of the molecule is CSCCCCCNC(=O)c1sc(NC(C)C)nc1N. The van der Waals surface area contributed by atoms with Gasteiger partial charge < -0.3 is 16.4 Å². The maximum absolute atomic E-state index is 12.0. The van der Waals surface area contributed by atoms with Crippen molar-refractivity contribution >= 4 is 40.0 Å². The molecule has 5 nitrogen and oxygen atoms in total. The molecule has 0 bridgehead atoms. The maximum atomic E-state index is 12.0. The van der Waals surface area contributed by atoms with Crippen molar-refractivity contribution in [1.82, 2.24) is 10.3 Å². The molecule has 1 rings (SSSR count). The topological polar surface area (TPSA) is 80.0 Å². The summed E-state index contributed by atoms with van der Waals surface area (Å²) in [5, 5.41) is 6.75. The van der Waals surface area contributed by atoms with E-state index in [1.54, 1.807) is 0 Å². The quantitative estimate of drug-likeness (QED) is 0.610. The second-order valence-electron chi connectivity index (χ2n) is 4.84. The number of anilines is 2. The summed E-state index contributed by atoms with van der Waals surface area (Å²) < 4.78 is 0. The normalized spacial score (nSPS) is 10.8. The van der Waals surface area contributed by atoms with Gasteiger partial charge in [0.1, 0.15) is 10.7 Å². The summed E-state index contributed by atoms with van der Waals surface area (Å²) in [5.74, 6) is 1.36. The van der Waals surface area contributed by atoms with Gasteiger partial charge >= 0.3 is 0 Å². The van der Waals surface area contributed by atoms with Gasteiger partial charge in [0.2, 0.25) is 0 Å². The van der Waals surface area contributed by atoms with Crippen LogP contribution in [0.4, 0.5) is 10.9 Å². The number of amides is 1. The predicted octanol–water partition coefficient (Wildman–Crippen LogP) is 2.81. The lowest BCUT2D eigenvalue weighted by Gasteiger charge is -2.04. The number of carbonyl (C=O) groups is 1. The lowest BCUT2D eigenvalue weighted by Crippen LogP contribution is -2.24. The second kappa shape index (κ2) is 9.07. The molecule has 0 radical (unpaired) electrons. The van der Waals surface area contributed by atoms with Gasteiger partial charge in [0.15, 0.2) is 5.13 Å². The first kappa shape index (κ1) is 17.1. The summed E-state index contributed by atoms with van der Waals surface area (Å²) in [6, 6.07) is 0.271. The van der Waals surface area contributed by atoms with Crippen molar-refractivity contribution in [2.45, 2.75) is 39.2 Å². The maximum Gasteiger partial charge on any atom is 0.265 e. The Hall–Kier alpha value is -0.950. The molecule has 0 saturated carbocycles. The molecule has 0 spiro atoms. The fourth-order valence-electron chi connectivity index (χ4n) is 1.63. The number of nitrogens with two attached hydrogens (primary N) is 1. The Balaban J connectivity index is 2.37. The Bertz CT molecular complexity index is 421. The number of unbranched alkanes of at least 4 members (excludes halogenated alkanes) is 2. The molecule has 0 aliphatic rings. The Morgan fingerprint density at radius 3 is 2.80 bits per heavy atom. The molecule has 1 amide bonds. The van der Waals surface area contributed by atoms with Crippen LogP contribution in [0.2, 0.25) is 0 Å². The Morgan fingerprint density at radius 2 is 2.15 bits per heavy atom. The lowest BCUT2D eigenvalue weighted by atomic mass is 10.2. The molecule has 0 saturated heterocycles. The fourth-order valence-corrected chi connectivity index (χ4v) is 3.07. The highest BCUT2D eigenvalue weighted by Crippen LogP contribution is 2.25. The number of hydrogen-bond donors (Lipinski definition) is 3. The number of nitrogens with one attached hydrogen (secondary N) is 2. The van der Waals surface area contributed by atoms with Crippen molar-refractivity contribution in [3.8, 4) is 0 Å². The van der Waals surface area contributed by atoms with E-state index in [4.69, 9.17) is 5.73 Å². The van der Waals surface area contributed by atoms with Crippen LogP contribution in [0.5, 0.6) is 0 Å². The predicted molar refractivity (Wildman–Crippen MR) is 89.9 cm³/mol. The molecular weight excluding hydrogens is 292 g/mol. The monoisotopic (exact) mass is 316 g/mol. The zero-order chi connectivity index (χ0) is 15.0. The highest BCUT2D eigenvalue weighted by atomic mass is 32.2. The van der Waals surface area contributed by atoms with Crippen LogP contribution >= 0.6 is 23.1 Å². The van der Waals surface area contributed by atoms with Gasteiger partial charge in [-0.3, -0.25) is 4.79 Å². The highest BCUT2D eigenvalue weighted by molar-refractivity contribution is 7.98. The minimum Gasteiger partial charge on any atom is -0.382 e. The van der Waals surface area contributed by atoms with Crippen LogP contribution < -0.4 is 16.4 Å². The fraction of sp³-hybridized carbons (Fsp3) is 0.692. The van der Waals surface area contributed by atoms with E-state index in [-0.39, 0.29) is 11.9 Å². The third-order valence-corrected chi connectivity index (χ3v) is 4.28. The van der Waals surface area contributed by atoms with Gasteiger partial charge in [-0.1, -0.05) is 17.8 Å². The van der Waals surface area contributed by atoms with E-state index >= 15 is 0 Å². The van der Waals surface area contributed by atoms with E-state index in [2.05, 4.69) is 21.9 Å². The van der Waals surface area contributed by atoms with E-state index < -0.39 is 0 Å². The van der Waals surface area contributed by atoms with Crippen molar-refractivity contribution in [3.05, 3.63) is 4.88 Å². The summed E-state index contributed by atoms with van der Waals surface area (Å²) in [7, 11) is 0. The van der Waals surface area contributed by atoms with Gasteiger partial charge in [-0.2, -0.15) is 11.8 Å². The van der Waals surface area contributed by atoms with Crippen molar-refractivity contribution in [3.63, 3.8) is 0 Å². The first-order valence-electron chi connectivity index (χ1n) is 6.84. The number of aromatic nitrogens is 1. The summed E-state index contributed by atoms with van der Waals surface area (Å²) in [5.41, 5.74) is 5.78. The third-order valence-electron chi connectivity index (χ3n) is 2.58. The minimum absolute atomic E-state index is 0.123. The first-order chi connectivity index (χ1) is 9.54. The largest absolute Gasteiger partial charge is 0.382 e. The zero-order valence-electron chi connectivity index (χ0n) is 12.4. The molecule has 0 aliphatic carbocycles. The number of hydrogen-bond acceptors (Lipinski definition) is 6. The smallest absolute Gasteiger partial charge is 0.265 e. The highest BCUT2D eigenvalue weighted by Gasteiger charge is 2.15. The Labute approximate surface area is 129 Å². The van der Waals surface area contributed by atoms with Crippen molar-refractivity contribution in [2.24, 2.45) is 0 Å². The zero-order valence-corrected chi connectivity index (χ0v) is 14.0.